The highest BCUT2D eigenvalue weighted by Crippen LogP contribution is 2.14. The van der Waals surface area contributed by atoms with Crippen molar-refractivity contribution in [1.29, 1.82) is 0 Å². The number of nitrogens with two attached hydrogens (primary N) is 1. The zero-order valence-corrected chi connectivity index (χ0v) is 10.2. The smallest absolute Gasteiger partial charge is 0.246 e. The lowest BCUT2D eigenvalue weighted by Crippen LogP contribution is -2.21. The molecule has 0 saturated heterocycles. The molecule has 0 unspecified atom stereocenters. The molecule has 1 aromatic carbocycles. The van der Waals surface area contributed by atoms with Crippen LogP contribution in [0.5, 0.6) is 0 Å². The molecule has 0 spiro atoms. The molecule has 0 atom stereocenters. The molecule has 0 bridgehead atoms. The van der Waals surface area contributed by atoms with Crippen molar-refractivity contribution in [3.05, 3.63) is 42.5 Å². The molecule has 0 fully saturated rings. The van der Waals surface area contributed by atoms with Crippen LogP contribution >= 0.6 is 12.2 Å². The van der Waals surface area contributed by atoms with Crippen LogP contribution in [0, 0.1) is 0 Å². The fraction of sp³-hybridized carbons (Fsp3) is 0.0909. The van der Waals surface area contributed by atoms with Gasteiger partial charge in [-0.2, -0.15) is 5.10 Å². The normalized spacial score (nSPS) is 10.0. The van der Waals surface area contributed by atoms with E-state index in [2.05, 4.69) is 15.4 Å². The van der Waals surface area contributed by atoms with E-state index in [-0.39, 0.29) is 17.4 Å². The fourth-order valence-electron chi connectivity index (χ4n) is 1.46. The van der Waals surface area contributed by atoms with Gasteiger partial charge >= 0.3 is 0 Å². The maximum atomic E-state index is 11.8. The van der Waals surface area contributed by atoms with E-state index in [1.54, 1.807) is 18.2 Å². The first-order valence-electron chi connectivity index (χ1n) is 5.18. The average molecular weight is 261 g/mol. The van der Waals surface area contributed by atoms with Crippen molar-refractivity contribution >= 4 is 28.8 Å². The van der Waals surface area contributed by atoms with Gasteiger partial charge in [-0.25, -0.2) is 9.67 Å². The van der Waals surface area contributed by atoms with Crippen molar-refractivity contribution in [2.24, 2.45) is 5.73 Å². The molecule has 1 amide bonds. The molecule has 2 rings (SSSR count). The predicted molar refractivity (Wildman–Crippen MR) is 71.0 cm³/mol. The third-order valence-electron chi connectivity index (χ3n) is 2.24. The van der Waals surface area contributed by atoms with Gasteiger partial charge < -0.3 is 11.1 Å². The topological polar surface area (TPSA) is 85.8 Å². The maximum absolute atomic E-state index is 11.8. The lowest BCUT2D eigenvalue weighted by atomic mass is 10.2. The van der Waals surface area contributed by atoms with Crippen molar-refractivity contribution in [2.45, 2.75) is 6.54 Å². The Bertz CT molecular complexity index is 567. The van der Waals surface area contributed by atoms with Crippen LogP contribution < -0.4 is 11.1 Å². The lowest BCUT2D eigenvalue weighted by Gasteiger charge is -2.09. The monoisotopic (exact) mass is 261 g/mol. The molecule has 1 heterocycles. The Morgan fingerprint density at radius 2 is 2.22 bits per heavy atom. The Morgan fingerprint density at radius 3 is 2.89 bits per heavy atom. The second-order valence-corrected chi connectivity index (χ2v) is 3.99. The highest BCUT2D eigenvalue weighted by atomic mass is 32.1. The van der Waals surface area contributed by atoms with Crippen molar-refractivity contribution in [3.63, 3.8) is 0 Å². The van der Waals surface area contributed by atoms with E-state index < -0.39 is 0 Å². The minimum atomic E-state index is -0.218. The van der Waals surface area contributed by atoms with Crippen molar-refractivity contribution in [1.82, 2.24) is 14.8 Å². The third-order valence-corrected chi connectivity index (χ3v) is 2.46. The quantitative estimate of drug-likeness (QED) is 0.785. The summed E-state index contributed by atoms with van der Waals surface area (Å²) >= 11 is 4.92. The molecule has 0 aliphatic carbocycles. The van der Waals surface area contributed by atoms with Crippen LogP contribution in [0.25, 0.3) is 0 Å². The third kappa shape index (κ3) is 2.89. The molecule has 2 aromatic rings. The maximum Gasteiger partial charge on any atom is 0.246 e. The summed E-state index contributed by atoms with van der Waals surface area (Å²) in [6, 6.07) is 7.11. The zero-order chi connectivity index (χ0) is 13.0. The molecule has 6 nitrogen and oxygen atoms in total. The van der Waals surface area contributed by atoms with E-state index in [9.17, 15) is 4.79 Å². The van der Waals surface area contributed by atoms with Crippen LogP contribution in [0.2, 0.25) is 0 Å². The van der Waals surface area contributed by atoms with E-state index in [0.29, 0.717) is 11.3 Å². The number of amides is 1. The van der Waals surface area contributed by atoms with Crippen molar-refractivity contribution < 1.29 is 4.79 Å². The number of carbonyl (C=O) groups excluding carboxylic acids is 1. The number of benzene rings is 1. The molecule has 0 aliphatic rings. The Balaban J connectivity index is 2.09. The Hall–Kier alpha value is -2.28. The summed E-state index contributed by atoms with van der Waals surface area (Å²) in [5, 5.41) is 6.58. The summed E-state index contributed by atoms with van der Waals surface area (Å²) < 4.78 is 1.43. The number of carbonyl (C=O) groups is 1. The van der Waals surface area contributed by atoms with Crippen LogP contribution in [-0.2, 0) is 11.3 Å². The minimum Gasteiger partial charge on any atom is -0.389 e. The van der Waals surface area contributed by atoms with Gasteiger partial charge in [0.25, 0.3) is 0 Å². The van der Waals surface area contributed by atoms with E-state index in [1.807, 2.05) is 6.07 Å². The number of hydrogen-bond donors (Lipinski definition) is 2. The summed E-state index contributed by atoms with van der Waals surface area (Å²) in [6.07, 6.45) is 2.84. The van der Waals surface area contributed by atoms with Gasteiger partial charge in [-0.1, -0.05) is 24.4 Å². The molecule has 0 aliphatic heterocycles. The number of anilines is 1. The van der Waals surface area contributed by atoms with Crippen LogP contribution in [0.15, 0.2) is 36.9 Å². The molecule has 0 radical (unpaired) electrons. The van der Waals surface area contributed by atoms with Gasteiger partial charge in [-0.15, -0.1) is 0 Å². The van der Waals surface area contributed by atoms with Crippen molar-refractivity contribution in [3.8, 4) is 0 Å². The average Bonchev–Trinajstić information content (AvgIpc) is 2.82. The number of para-hydroxylation sites is 1. The molecule has 7 heteroatoms. The van der Waals surface area contributed by atoms with E-state index in [0.717, 1.165) is 0 Å². The summed E-state index contributed by atoms with van der Waals surface area (Å²) in [6.45, 7) is 0.0890. The first-order chi connectivity index (χ1) is 8.66. The van der Waals surface area contributed by atoms with Gasteiger partial charge in [0.1, 0.15) is 24.2 Å². The molecule has 18 heavy (non-hydrogen) atoms. The number of nitrogens with zero attached hydrogens (tertiary/aromatic N) is 3. The SMILES string of the molecule is NC(=S)c1ccccc1NC(=O)Cn1cncn1. The largest absolute Gasteiger partial charge is 0.389 e. The fourth-order valence-corrected chi connectivity index (χ4v) is 1.64. The highest BCUT2D eigenvalue weighted by Gasteiger charge is 2.08. The number of aromatic nitrogens is 3. The van der Waals surface area contributed by atoms with Gasteiger partial charge in [0.2, 0.25) is 5.91 Å². The minimum absolute atomic E-state index is 0.0890. The Morgan fingerprint density at radius 1 is 1.44 bits per heavy atom. The van der Waals surface area contributed by atoms with Crippen LogP contribution in [0.3, 0.4) is 0 Å². The van der Waals surface area contributed by atoms with Gasteiger partial charge in [-0.05, 0) is 12.1 Å². The second-order valence-electron chi connectivity index (χ2n) is 3.55. The first-order valence-corrected chi connectivity index (χ1v) is 5.59. The lowest BCUT2D eigenvalue weighted by molar-refractivity contribution is -0.116. The standard InChI is InChI=1S/C11H11N5OS/c12-11(18)8-3-1-2-4-9(8)15-10(17)5-16-7-13-6-14-16/h1-4,6-7H,5H2,(H2,12,18)(H,15,17). The number of rotatable bonds is 4. The predicted octanol–water partition coefficient (Wildman–Crippen LogP) is 0.551. The summed E-state index contributed by atoms with van der Waals surface area (Å²) in [4.78, 5) is 15.8. The molecule has 1 aromatic heterocycles. The van der Waals surface area contributed by atoms with Crippen LogP contribution in [-0.4, -0.2) is 25.7 Å². The van der Waals surface area contributed by atoms with E-state index >= 15 is 0 Å². The molecular weight excluding hydrogens is 250 g/mol. The van der Waals surface area contributed by atoms with Crippen molar-refractivity contribution in [2.75, 3.05) is 5.32 Å². The summed E-state index contributed by atoms with van der Waals surface area (Å²) in [5.74, 6) is -0.218. The second kappa shape index (κ2) is 5.37. The molecule has 92 valence electrons. The van der Waals surface area contributed by atoms with Crippen LogP contribution in [0.1, 0.15) is 5.56 Å². The first kappa shape index (κ1) is 12.2. The van der Waals surface area contributed by atoms with Gasteiger partial charge in [0.15, 0.2) is 0 Å². The molecule has 0 saturated carbocycles. The number of thiocarbonyl (C=S) groups is 1. The summed E-state index contributed by atoms with van der Waals surface area (Å²) in [7, 11) is 0. The number of nitrogens with one attached hydrogen (secondary N) is 1. The Labute approximate surface area is 109 Å². The molecular formula is C11H11N5OS. The van der Waals surface area contributed by atoms with Gasteiger partial charge in [0, 0.05) is 5.56 Å². The van der Waals surface area contributed by atoms with Gasteiger partial charge in [0.05, 0.1) is 5.69 Å². The van der Waals surface area contributed by atoms with E-state index in [1.165, 1.54) is 17.3 Å². The zero-order valence-electron chi connectivity index (χ0n) is 9.41. The molecule has 3 N–H and O–H groups in total. The highest BCUT2D eigenvalue weighted by molar-refractivity contribution is 7.80. The summed E-state index contributed by atoms with van der Waals surface area (Å²) in [5.41, 5.74) is 6.81. The van der Waals surface area contributed by atoms with Gasteiger partial charge in [-0.3, -0.25) is 4.79 Å². The van der Waals surface area contributed by atoms with Crippen LogP contribution in [0.4, 0.5) is 5.69 Å². The number of hydrogen-bond acceptors (Lipinski definition) is 4. The Kier molecular flexibility index (Phi) is 3.63. The van der Waals surface area contributed by atoms with E-state index in [4.69, 9.17) is 18.0 Å².